The number of nitro groups is 1. The summed E-state index contributed by atoms with van der Waals surface area (Å²) in [7, 11) is 0. The van der Waals surface area contributed by atoms with Gasteiger partial charge >= 0.3 is 0 Å². The van der Waals surface area contributed by atoms with Crippen molar-refractivity contribution in [3.05, 3.63) is 52.7 Å². The molecule has 0 bridgehead atoms. The highest BCUT2D eigenvalue weighted by atomic mass is 32.2. The molecule has 0 unspecified atom stereocenters. The molecule has 23 heavy (non-hydrogen) atoms. The second kappa shape index (κ2) is 6.61. The van der Waals surface area contributed by atoms with Gasteiger partial charge in [-0.15, -0.1) is 10.2 Å². The summed E-state index contributed by atoms with van der Waals surface area (Å²) in [5, 5.41) is 19.5. The SMILES string of the molecule is CCn1ccnc1SCc1nnc(-c2ccc([N+](=O)[O-])cc2)o1. The fourth-order valence-corrected chi connectivity index (χ4v) is 2.82. The smallest absolute Gasteiger partial charge is 0.269 e. The zero-order valence-corrected chi connectivity index (χ0v) is 13.1. The highest BCUT2D eigenvalue weighted by Crippen LogP contribution is 2.24. The third-order valence-corrected chi connectivity index (χ3v) is 4.12. The van der Waals surface area contributed by atoms with E-state index in [9.17, 15) is 10.1 Å². The third kappa shape index (κ3) is 3.39. The van der Waals surface area contributed by atoms with Crippen molar-refractivity contribution in [3.8, 4) is 11.5 Å². The largest absolute Gasteiger partial charge is 0.420 e. The summed E-state index contributed by atoms with van der Waals surface area (Å²) in [5.41, 5.74) is 0.671. The van der Waals surface area contributed by atoms with Crippen LogP contribution < -0.4 is 0 Å². The van der Waals surface area contributed by atoms with Crippen molar-refractivity contribution < 1.29 is 9.34 Å². The van der Waals surface area contributed by atoms with Crippen LogP contribution in [0.4, 0.5) is 5.69 Å². The first-order valence-electron chi connectivity index (χ1n) is 6.88. The first-order valence-corrected chi connectivity index (χ1v) is 7.87. The molecule has 1 aromatic carbocycles. The second-order valence-electron chi connectivity index (χ2n) is 4.59. The van der Waals surface area contributed by atoms with Crippen molar-refractivity contribution in [1.82, 2.24) is 19.7 Å². The highest BCUT2D eigenvalue weighted by molar-refractivity contribution is 7.98. The minimum absolute atomic E-state index is 0.0236. The van der Waals surface area contributed by atoms with Gasteiger partial charge in [-0.3, -0.25) is 10.1 Å². The molecule has 0 amide bonds. The van der Waals surface area contributed by atoms with Gasteiger partial charge in [-0.1, -0.05) is 11.8 Å². The maximum Gasteiger partial charge on any atom is 0.269 e. The fraction of sp³-hybridized carbons (Fsp3) is 0.214. The molecule has 9 heteroatoms. The molecule has 0 aliphatic carbocycles. The lowest BCUT2D eigenvalue weighted by Gasteiger charge is -2.01. The number of imidazole rings is 1. The Hall–Kier alpha value is -2.68. The molecule has 0 N–H and O–H groups in total. The molecule has 0 fully saturated rings. The van der Waals surface area contributed by atoms with Gasteiger partial charge in [-0.2, -0.15) is 0 Å². The van der Waals surface area contributed by atoms with Crippen molar-refractivity contribution >= 4 is 17.4 Å². The standard InChI is InChI=1S/C14H13N5O3S/c1-2-18-8-7-15-14(18)23-9-12-16-17-13(22-12)10-3-5-11(6-4-10)19(20)21/h3-8H,2,9H2,1H3. The molecule has 0 saturated heterocycles. The van der Waals surface area contributed by atoms with E-state index in [1.54, 1.807) is 18.3 Å². The van der Waals surface area contributed by atoms with E-state index >= 15 is 0 Å². The van der Waals surface area contributed by atoms with Crippen LogP contribution in [0.2, 0.25) is 0 Å². The van der Waals surface area contributed by atoms with Crippen LogP contribution in [0.3, 0.4) is 0 Å². The summed E-state index contributed by atoms with van der Waals surface area (Å²) < 4.78 is 7.62. The molecule has 2 heterocycles. The normalized spacial score (nSPS) is 10.8. The van der Waals surface area contributed by atoms with Crippen LogP contribution in [-0.4, -0.2) is 24.7 Å². The van der Waals surface area contributed by atoms with Gasteiger partial charge in [-0.25, -0.2) is 4.98 Å². The van der Waals surface area contributed by atoms with Gasteiger partial charge in [0.05, 0.1) is 10.7 Å². The fourth-order valence-electron chi connectivity index (χ4n) is 1.96. The Balaban J connectivity index is 1.69. The summed E-state index contributed by atoms with van der Waals surface area (Å²) in [4.78, 5) is 14.5. The highest BCUT2D eigenvalue weighted by Gasteiger charge is 2.12. The van der Waals surface area contributed by atoms with E-state index < -0.39 is 4.92 Å². The monoisotopic (exact) mass is 331 g/mol. The Labute approximate surface area is 135 Å². The van der Waals surface area contributed by atoms with Crippen molar-refractivity contribution in [3.63, 3.8) is 0 Å². The Morgan fingerprint density at radius 2 is 2.09 bits per heavy atom. The summed E-state index contributed by atoms with van der Waals surface area (Å²) >= 11 is 1.51. The van der Waals surface area contributed by atoms with Crippen LogP contribution in [0.15, 0.2) is 46.2 Å². The lowest BCUT2D eigenvalue weighted by molar-refractivity contribution is -0.384. The van der Waals surface area contributed by atoms with Crippen molar-refractivity contribution in [2.24, 2.45) is 0 Å². The molecule has 2 aromatic heterocycles. The van der Waals surface area contributed by atoms with Gasteiger partial charge in [0.2, 0.25) is 11.8 Å². The summed E-state index contributed by atoms with van der Waals surface area (Å²) in [6.45, 7) is 2.89. The van der Waals surface area contributed by atoms with E-state index in [4.69, 9.17) is 4.42 Å². The average molecular weight is 331 g/mol. The van der Waals surface area contributed by atoms with Crippen LogP contribution in [0.25, 0.3) is 11.5 Å². The molecule has 0 saturated carbocycles. The number of non-ortho nitro benzene ring substituents is 1. The van der Waals surface area contributed by atoms with E-state index in [0.29, 0.717) is 23.1 Å². The zero-order chi connectivity index (χ0) is 16.2. The van der Waals surface area contributed by atoms with Crippen LogP contribution in [-0.2, 0) is 12.3 Å². The van der Waals surface area contributed by atoms with Gasteiger partial charge < -0.3 is 8.98 Å². The summed E-state index contributed by atoms with van der Waals surface area (Å²) in [6, 6.07) is 6.00. The van der Waals surface area contributed by atoms with Crippen LogP contribution in [0.5, 0.6) is 0 Å². The maximum absolute atomic E-state index is 10.6. The lowest BCUT2D eigenvalue weighted by atomic mass is 10.2. The van der Waals surface area contributed by atoms with Crippen LogP contribution >= 0.6 is 11.8 Å². The first kappa shape index (κ1) is 15.2. The van der Waals surface area contributed by atoms with Gasteiger partial charge in [0, 0.05) is 36.6 Å². The second-order valence-corrected chi connectivity index (χ2v) is 5.53. The molecule has 3 aromatic rings. The summed E-state index contributed by atoms with van der Waals surface area (Å²) in [5.74, 6) is 1.33. The van der Waals surface area contributed by atoms with E-state index in [-0.39, 0.29) is 5.69 Å². The Kier molecular flexibility index (Phi) is 4.38. The van der Waals surface area contributed by atoms with Crippen LogP contribution in [0, 0.1) is 10.1 Å². The Bertz CT molecular complexity index is 812. The predicted octanol–water partition coefficient (Wildman–Crippen LogP) is 3.15. The number of aromatic nitrogens is 4. The number of hydrogen-bond donors (Lipinski definition) is 0. The molecule has 0 aliphatic heterocycles. The van der Waals surface area contributed by atoms with Crippen molar-refractivity contribution in [2.75, 3.05) is 0 Å². The molecular formula is C14H13N5O3S. The molecule has 3 rings (SSSR count). The van der Waals surface area contributed by atoms with E-state index in [2.05, 4.69) is 15.2 Å². The van der Waals surface area contributed by atoms with Crippen molar-refractivity contribution in [2.45, 2.75) is 24.4 Å². The predicted molar refractivity (Wildman–Crippen MR) is 83.9 cm³/mol. The van der Waals surface area contributed by atoms with Gasteiger partial charge in [0.25, 0.3) is 5.69 Å². The number of thioether (sulfide) groups is 1. The maximum atomic E-state index is 10.6. The number of aryl methyl sites for hydroxylation is 1. The molecular weight excluding hydrogens is 318 g/mol. The quantitative estimate of drug-likeness (QED) is 0.388. The molecule has 8 nitrogen and oxygen atoms in total. The van der Waals surface area contributed by atoms with Crippen LogP contribution in [0.1, 0.15) is 12.8 Å². The number of nitrogens with zero attached hydrogens (tertiary/aromatic N) is 5. The molecule has 118 valence electrons. The van der Waals surface area contributed by atoms with Gasteiger partial charge in [-0.05, 0) is 19.1 Å². The molecule has 0 radical (unpaired) electrons. The first-order chi connectivity index (χ1) is 11.2. The lowest BCUT2D eigenvalue weighted by Crippen LogP contribution is -1.94. The van der Waals surface area contributed by atoms with Gasteiger partial charge in [0.15, 0.2) is 5.16 Å². The molecule has 0 spiro atoms. The molecule has 0 aliphatic rings. The zero-order valence-electron chi connectivity index (χ0n) is 12.2. The Morgan fingerprint density at radius 1 is 1.30 bits per heavy atom. The number of benzene rings is 1. The third-order valence-electron chi connectivity index (χ3n) is 3.13. The number of nitro benzene ring substituents is 1. The minimum atomic E-state index is -0.449. The topological polar surface area (TPSA) is 99.9 Å². The van der Waals surface area contributed by atoms with Gasteiger partial charge in [0.1, 0.15) is 0 Å². The van der Waals surface area contributed by atoms with E-state index in [1.165, 1.54) is 23.9 Å². The van der Waals surface area contributed by atoms with E-state index in [0.717, 1.165) is 11.7 Å². The van der Waals surface area contributed by atoms with E-state index in [1.807, 2.05) is 17.7 Å². The summed E-state index contributed by atoms with van der Waals surface area (Å²) in [6.07, 6.45) is 3.67. The number of hydrogen-bond acceptors (Lipinski definition) is 7. The van der Waals surface area contributed by atoms with Crippen molar-refractivity contribution in [1.29, 1.82) is 0 Å². The minimum Gasteiger partial charge on any atom is -0.420 e. The average Bonchev–Trinajstić information content (AvgIpc) is 3.21. The number of rotatable bonds is 6. The molecule has 0 atom stereocenters. The Morgan fingerprint density at radius 3 is 2.78 bits per heavy atom.